The molecule has 0 spiro atoms. The Bertz CT molecular complexity index is 934. The van der Waals surface area contributed by atoms with Gasteiger partial charge >= 0.3 is 0 Å². The molecule has 0 radical (unpaired) electrons. The van der Waals surface area contributed by atoms with Crippen LogP contribution in [0.15, 0.2) is 46.3 Å². The predicted octanol–water partition coefficient (Wildman–Crippen LogP) is 2.56. The van der Waals surface area contributed by atoms with Crippen LogP contribution in [0.2, 0.25) is 0 Å². The second-order valence-electron chi connectivity index (χ2n) is 6.24. The molecule has 2 aliphatic rings. The normalized spacial score (nSPS) is 19.2. The largest absolute Gasteiger partial charge is 0.485 e. The number of amides is 1. The molecule has 26 heavy (non-hydrogen) atoms. The number of likely N-dealkylation sites (tertiary alicyclic amines) is 1. The number of fused-ring (bicyclic) bond motifs is 1. The molecule has 1 saturated heterocycles. The fraction of sp³-hybridized carbons (Fsp3) is 0.278. The maximum atomic E-state index is 12.6. The first-order valence-corrected chi connectivity index (χ1v) is 9.20. The molecular formula is C18H15N3O4S. The fourth-order valence-corrected chi connectivity index (χ4v) is 3.72. The van der Waals surface area contributed by atoms with Gasteiger partial charge in [-0.25, -0.2) is 0 Å². The standard InChI is InChI=1S/C18H15N3O4S/c22-18(14-10-23-12-4-1-2-5-13(12)24-14)21-8-11(9-21)17-19-16(20-25-17)15-6-3-7-26-15/h1-7,11,14H,8-10H2. The van der Waals surface area contributed by atoms with Gasteiger partial charge in [-0.1, -0.05) is 23.4 Å². The first-order chi connectivity index (χ1) is 12.8. The third-order valence-electron chi connectivity index (χ3n) is 4.51. The number of thiophene rings is 1. The molecule has 7 nitrogen and oxygen atoms in total. The highest BCUT2D eigenvalue weighted by atomic mass is 32.1. The molecule has 0 saturated carbocycles. The van der Waals surface area contributed by atoms with Crippen LogP contribution in [0, 0.1) is 0 Å². The maximum absolute atomic E-state index is 12.6. The molecule has 1 fully saturated rings. The Hall–Kier alpha value is -2.87. The Morgan fingerprint density at radius 2 is 2.00 bits per heavy atom. The first kappa shape index (κ1) is 15.4. The number of para-hydroxylation sites is 2. The molecule has 0 N–H and O–H groups in total. The molecule has 0 bridgehead atoms. The average Bonchev–Trinajstić information content (AvgIpc) is 3.31. The number of carbonyl (C=O) groups excluding carboxylic acids is 1. The van der Waals surface area contributed by atoms with Gasteiger partial charge in [0.15, 0.2) is 11.5 Å². The van der Waals surface area contributed by atoms with Gasteiger partial charge in [-0.05, 0) is 23.6 Å². The van der Waals surface area contributed by atoms with Crippen LogP contribution in [0.25, 0.3) is 10.7 Å². The van der Waals surface area contributed by atoms with E-state index in [0.717, 1.165) is 4.88 Å². The topological polar surface area (TPSA) is 77.7 Å². The molecule has 3 aromatic rings. The predicted molar refractivity (Wildman–Crippen MR) is 93.3 cm³/mol. The summed E-state index contributed by atoms with van der Waals surface area (Å²) in [5, 5.41) is 5.99. The monoisotopic (exact) mass is 369 g/mol. The van der Waals surface area contributed by atoms with Crippen molar-refractivity contribution in [3.63, 3.8) is 0 Å². The van der Waals surface area contributed by atoms with Crippen LogP contribution in [-0.4, -0.2) is 46.7 Å². The Morgan fingerprint density at radius 3 is 2.81 bits per heavy atom. The highest BCUT2D eigenvalue weighted by Gasteiger charge is 2.40. The van der Waals surface area contributed by atoms with Gasteiger partial charge < -0.3 is 18.9 Å². The van der Waals surface area contributed by atoms with Gasteiger partial charge in [-0.2, -0.15) is 4.98 Å². The number of rotatable bonds is 3. The third kappa shape index (κ3) is 2.62. The summed E-state index contributed by atoms with van der Waals surface area (Å²) in [4.78, 5) is 19.8. The summed E-state index contributed by atoms with van der Waals surface area (Å²) in [5.74, 6) is 2.44. The van der Waals surface area contributed by atoms with E-state index in [9.17, 15) is 4.79 Å². The smallest absolute Gasteiger partial charge is 0.267 e. The quantitative estimate of drug-likeness (QED) is 0.706. The van der Waals surface area contributed by atoms with Crippen molar-refractivity contribution in [1.29, 1.82) is 0 Å². The molecule has 5 rings (SSSR count). The Kier molecular flexibility index (Phi) is 3.63. The molecule has 1 aromatic carbocycles. The van der Waals surface area contributed by atoms with E-state index in [-0.39, 0.29) is 18.4 Å². The van der Waals surface area contributed by atoms with Gasteiger partial charge in [0.25, 0.3) is 5.91 Å². The second-order valence-corrected chi connectivity index (χ2v) is 7.19. The fourth-order valence-electron chi connectivity index (χ4n) is 3.07. The van der Waals surface area contributed by atoms with Crippen molar-refractivity contribution in [3.05, 3.63) is 47.7 Å². The molecule has 2 aromatic heterocycles. The third-order valence-corrected chi connectivity index (χ3v) is 5.38. The van der Waals surface area contributed by atoms with E-state index >= 15 is 0 Å². The van der Waals surface area contributed by atoms with Crippen LogP contribution in [0.1, 0.15) is 11.8 Å². The van der Waals surface area contributed by atoms with E-state index in [2.05, 4.69) is 10.1 Å². The molecule has 2 aliphatic heterocycles. The maximum Gasteiger partial charge on any atom is 0.267 e. The summed E-state index contributed by atoms with van der Waals surface area (Å²) in [5.41, 5.74) is 0. The zero-order valence-electron chi connectivity index (χ0n) is 13.7. The van der Waals surface area contributed by atoms with Crippen molar-refractivity contribution in [2.24, 2.45) is 0 Å². The van der Waals surface area contributed by atoms with Crippen LogP contribution in [-0.2, 0) is 4.79 Å². The van der Waals surface area contributed by atoms with Crippen molar-refractivity contribution < 1.29 is 18.8 Å². The van der Waals surface area contributed by atoms with Crippen molar-refractivity contribution in [1.82, 2.24) is 15.0 Å². The van der Waals surface area contributed by atoms with Crippen LogP contribution < -0.4 is 9.47 Å². The minimum absolute atomic E-state index is 0.0666. The highest BCUT2D eigenvalue weighted by Crippen LogP contribution is 2.33. The lowest BCUT2D eigenvalue weighted by Gasteiger charge is -2.39. The lowest BCUT2D eigenvalue weighted by molar-refractivity contribution is -0.146. The van der Waals surface area contributed by atoms with E-state index in [1.54, 1.807) is 22.3 Å². The van der Waals surface area contributed by atoms with E-state index in [1.165, 1.54) is 0 Å². The number of hydrogen-bond acceptors (Lipinski definition) is 7. The number of hydrogen-bond donors (Lipinski definition) is 0. The zero-order chi connectivity index (χ0) is 17.5. The molecule has 1 amide bonds. The first-order valence-electron chi connectivity index (χ1n) is 8.32. The van der Waals surface area contributed by atoms with Crippen LogP contribution in [0.4, 0.5) is 0 Å². The van der Waals surface area contributed by atoms with Gasteiger partial charge in [0.1, 0.15) is 6.61 Å². The number of nitrogens with zero attached hydrogens (tertiary/aromatic N) is 3. The van der Waals surface area contributed by atoms with Crippen LogP contribution >= 0.6 is 11.3 Å². The van der Waals surface area contributed by atoms with Gasteiger partial charge in [-0.3, -0.25) is 4.79 Å². The minimum atomic E-state index is -0.616. The highest BCUT2D eigenvalue weighted by molar-refractivity contribution is 7.13. The Morgan fingerprint density at radius 1 is 1.15 bits per heavy atom. The molecule has 8 heteroatoms. The van der Waals surface area contributed by atoms with Gasteiger partial charge in [0.05, 0.1) is 10.8 Å². The Labute approximate surface area is 153 Å². The van der Waals surface area contributed by atoms with E-state index in [0.29, 0.717) is 36.3 Å². The second kappa shape index (κ2) is 6.14. The summed E-state index contributed by atoms with van der Waals surface area (Å²) < 4.78 is 16.8. The summed E-state index contributed by atoms with van der Waals surface area (Å²) in [6.07, 6.45) is -0.616. The lowest BCUT2D eigenvalue weighted by Crippen LogP contribution is -2.55. The zero-order valence-corrected chi connectivity index (χ0v) is 14.5. The van der Waals surface area contributed by atoms with Gasteiger partial charge in [0, 0.05) is 13.1 Å². The number of carbonyl (C=O) groups is 1. The summed E-state index contributed by atoms with van der Waals surface area (Å²) >= 11 is 1.57. The van der Waals surface area contributed by atoms with Gasteiger partial charge in [-0.15, -0.1) is 11.3 Å². The lowest BCUT2D eigenvalue weighted by atomic mass is 9.99. The number of benzene rings is 1. The molecule has 1 atom stereocenters. The van der Waals surface area contributed by atoms with Crippen molar-refractivity contribution in [2.75, 3.05) is 19.7 Å². The van der Waals surface area contributed by atoms with Crippen LogP contribution in [0.3, 0.4) is 0 Å². The summed E-state index contributed by atoms with van der Waals surface area (Å²) in [6.45, 7) is 1.32. The van der Waals surface area contributed by atoms with Gasteiger partial charge in [0.2, 0.25) is 17.8 Å². The minimum Gasteiger partial charge on any atom is -0.485 e. The van der Waals surface area contributed by atoms with Crippen molar-refractivity contribution in [2.45, 2.75) is 12.0 Å². The van der Waals surface area contributed by atoms with E-state index < -0.39 is 6.10 Å². The summed E-state index contributed by atoms with van der Waals surface area (Å²) in [7, 11) is 0. The average molecular weight is 369 g/mol. The molecule has 132 valence electrons. The van der Waals surface area contributed by atoms with Crippen molar-refractivity contribution in [3.8, 4) is 22.2 Å². The SMILES string of the molecule is O=C(C1COc2ccccc2O1)N1CC(c2nc(-c3cccs3)no2)C1. The summed E-state index contributed by atoms with van der Waals surface area (Å²) in [6, 6.07) is 11.3. The van der Waals surface area contributed by atoms with E-state index in [4.69, 9.17) is 14.0 Å². The van der Waals surface area contributed by atoms with Crippen LogP contribution in [0.5, 0.6) is 11.5 Å². The molecule has 1 unspecified atom stereocenters. The van der Waals surface area contributed by atoms with E-state index in [1.807, 2.05) is 35.7 Å². The molecule has 4 heterocycles. The number of ether oxygens (including phenoxy) is 2. The Balaban J connectivity index is 1.21. The number of aromatic nitrogens is 2. The molecule has 0 aliphatic carbocycles. The molecular weight excluding hydrogens is 354 g/mol. The van der Waals surface area contributed by atoms with Crippen molar-refractivity contribution >= 4 is 17.2 Å².